The van der Waals surface area contributed by atoms with Crippen LogP contribution in [-0.2, 0) is 4.74 Å². The maximum Gasteiger partial charge on any atom is 0.348 e. The van der Waals surface area contributed by atoms with Gasteiger partial charge in [0.2, 0.25) is 0 Å². The van der Waals surface area contributed by atoms with Crippen molar-refractivity contribution in [3.05, 3.63) is 62.9 Å². The zero-order valence-corrected chi connectivity index (χ0v) is 22.3. The Hall–Kier alpha value is -2.81. The normalized spacial score (nSPS) is 17.3. The average molecular weight is 522 g/mol. The predicted octanol–water partition coefficient (Wildman–Crippen LogP) is 6.58. The summed E-state index contributed by atoms with van der Waals surface area (Å²) in [5.41, 5.74) is 7.67. The number of carbonyl (C=O) groups excluding carboxylic acids is 2. The lowest BCUT2D eigenvalue weighted by molar-refractivity contribution is 0.0605. The summed E-state index contributed by atoms with van der Waals surface area (Å²) in [7, 11) is 3.64. The van der Waals surface area contributed by atoms with E-state index < -0.39 is 0 Å². The lowest BCUT2D eigenvalue weighted by Crippen LogP contribution is -2.31. The highest BCUT2D eigenvalue weighted by Gasteiger charge is 2.29. The van der Waals surface area contributed by atoms with Crippen molar-refractivity contribution in [2.75, 3.05) is 32.6 Å². The quantitative estimate of drug-likeness (QED) is 0.371. The molecule has 3 aromatic rings. The molecule has 8 heteroatoms. The molecule has 0 bridgehead atoms. The smallest absolute Gasteiger partial charge is 0.348 e. The number of anilines is 1. The van der Waals surface area contributed by atoms with Crippen LogP contribution in [0.15, 0.2) is 46.8 Å². The van der Waals surface area contributed by atoms with Crippen molar-refractivity contribution < 1.29 is 14.3 Å². The summed E-state index contributed by atoms with van der Waals surface area (Å²) >= 11 is 2.88. The fourth-order valence-corrected chi connectivity index (χ4v) is 6.94. The van der Waals surface area contributed by atoms with Gasteiger partial charge in [0.05, 0.1) is 12.6 Å². The van der Waals surface area contributed by atoms with E-state index in [9.17, 15) is 9.59 Å². The number of thiazole rings is 1. The van der Waals surface area contributed by atoms with Crippen LogP contribution in [0.5, 0.6) is 0 Å². The number of hydrogen-bond acceptors (Lipinski definition) is 7. The highest BCUT2D eigenvalue weighted by atomic mass is 32.1. The van der Waals surface area contributed by atoms with Crippen molar-refractivity contribution in [2.45, 2.75) is 38.5 Å². The Bertz CT molecular complexity index is 1260. The Morgan fingerprint density at radius 1 is 1.14 bits per heavy atom. The number of aromatic nitrogens is 1. The fourth-order valence-electron chi connectivity index (χ4n) is 5.30. The van der Waals surface area contributed by atoms with E-state index in [-0.39, 0.29) is 11.9 Å². The van der Waals surface area contributed by atoms with Crippen LogP contribution in [0.25, 0.3) is 16.0 Å². The van der Waals surface area contributed by atoms with E-state index in [1.807, 2.05) is 24.3 Å². The van der Waals surface area contributed by atoms with Crippen molar-refractivity contribution in [3.63, 3.8) is 0 Å². The predicted molar refractivity (Wildman–Crippen MR) is 147 cm³/mol. The second kappa shape index (κ2) is 11.1. The van der Waals surface area contributed by atoms with Gasteiger partial charge in [0.25, 0.3) is 5.91 Å². The fraction of sp³-hybridized carbons (Fsp3) is 0.393. The molecule has 2 aromatic heterocycles. The first-order chi connectivity index (χ1) is 17.5. The van der Waals surface area contributed by atoms with Crippen molar-refractivity contribution in [2.24, 2.45) is 5.92 Å². The lowest BCUT2D eigenvalue weighted by Gasteiger charge is -2.34. The Morgan fingerprint density at radius 3 is 2.61 bits per heavy atom. The number of carbonyl (C=O) groups is 2. The minimum absolute atomic E-state index is 0.222. The first-order valence-corrected chi connectivity index (χ1v) is 14.2. The van der Waals surface area contributed by atoms with Crippen LogP contribution in [-0.4, -0.2) is 49.0 Å². The van der Waals surface area contributed by atoms with Crippen LogP contribution in [0, 0.1) is 5.92 Å². The zero-order valence-electron chi connectivity index (χ0n) is 20.7. The van der Waals surface area contributed by atoms with Gasteiger partial charge in [-0.3, -0.25) is 4.79 Å². The van der Waals surface area contributed by atoms with Gasteiger partial charge < -0.3 is 15.0 Å². The van der Waals surface area contributed by atoms with Gasteiger partial charge >= 0.3 is 5.97 Å². The molecule has 6 nitrogen and oxygen atoms in total. The maximum atomic E-state index is 12.9. The van der Waals surface area contributed by atoms with Gasteiger partial charge in [-0.1, -0.05) is 31.4 Å². The summed E-state index contributed by atoms with van der Waals surface area (Å²) < 4.78 is 5.20. The molecule has 0 radical (unpaired) electrons. The molecule has 36 heavy (non-hydrogen) atoms. The van der Waals surface area contributed by atoms with E-state index in [0.717, 1.165) is 35.5 Å². The first kappa shape index (κ1) is 24.9. The number of likely N-dealkylation sites (N-methyl/N-ethyl adjacent to an activating group) is 1. The Kier molecular flexibility index (Phi) is 7.65. The van der Waals surface area contributed by atoms with Crippen molar-refractivity contribution >= 4 is 45.8 Å². The molecule has 188 valence electrons. The van der Waals surface area contributed by atoms with E-state index in [1.165, 1.54) is 73.0 Å². The van der Waals surface area contributed by atoms with Crippen LogP contribution < -0.4 is 5.32 Å². The molecule has 0 unspecified atom stereocenters. The van der Waals surface area contributed by atoms with Gasteiger partial charge in [-0.05, 0) is 67.1 Å². The third-order valence-corrected chi connectivity index (χ3v) is 8.94. The number of benzene rings is 1. The van der Waals surface area contributed by atoms with Crippen molar-refractivity contribution in [1.82, 2.24) is 9.88 Å². The van der Waals surface area contributed by atoms with Gasteiger partial charge in [-0.25, -0.2) is 9.78 Å². The molecule has 1 aromatic carbocycles. The summed E-state index contributed by atoms with van der Waals surface area (Å²) in [5.74, 6) is 0.105. The number of ether oxygens (including phenoxy) is 1. The highest BCUT2D eigenvalue weighted by molar-refractivity contribution is 7.17. The van der Waals surface area contributed by atoms with Crippen LogP contribution in [0.1, 0.15) is 64.2 Å². The number of amides is 1. The SMILES string of the molecule is COC(=O)c1sc(-c2ccc(NC(=O)c3cscn3)cc2)cc1C1=C(C2CCCCC2)CN(C)CC1. The van der Waals surface area contributed by atoms with Gasteiger partial charge in [-0.15, -0.1) is 22.7 Å². The summed E-state index contributed by atoms with van der Waals surface area (Å²) in [4.78, 5) is 33.3. The molecule has 2 aliphatic rings. The molecule has 0 atom stereocenters. The van der Waals surface area contributed by atoms with Crippen molar-refractivity contribution in [3.8, 4) is 10.4 Å². The van der Waals surface area contributed by atoms with Gasteiger partial charge in [0.15, 0.2) is 0 Å². The van der Waals surface area contributed by atoms with Crippen LogP contribution in [0.3, 0.4) is 0 Å². The summed E-state index contributed by atoms with van der Waals surface area (Å²) in [5, 5.41) is 4.61. The molecule has 5 rings (SSSR count). The van der Waals surface area contributed by atoms with Gasteiger partial charge in [0, 0.05) is 34.6 Å². The van der Waals surface area contributed by atoms with Crippen molar-refractivity contribution in [1.29, 1.82) is 0 Å². The number of esters is 1. The number of nitrogens with one attached hydrogen (secondary N) is 1. The van der Waals surface area contributed by atoms with Gasteiger partial charge in [0.1, 0.15) is 10.6 Å². The van der Waals surface area contributed by atoms with Crippen LogP contribution in [0.4, 0.5) is 5.69 Å². The summed E-state index contributed by atoms with van der Waals surface area (Å²) in [6.45, 7) is 1.96. The number of thiophene rings is 1. The molecule has 1 N–H and O–H groups in total. The second-order valence-corrected chi connectivity index (χ2v) is 11.3. The number of nitrogens with zero attached hydrogens (tertiary/aromatic N) is 2. The average Bonchev–Trinajstić information content (AvgIpc) is 3.60. The summed E-state index contributed by atoms with van der Waals surface area (Å²) in [6.07, 6.45) is 7.33. The molecule has 1 fully saturated rings. The Balaban J connectivity index is 1.47. The Morgan fingerprint density at radius 2 is 1.92 bits per heavy atom. The molecule has 0 saturated heterocycles. The minimum atomic E-state index is -0.275. The summed E-state index contributed by atoms with van der Waals surface area (Å²) in [6, 6.07) is 9.91. The largest absolute Gasteiger partial charge is 0.465 e. The molecule has 0 spiro atoms. The number of methoxy groups -OCH3 is 1. The second-order valence-electron chi connectivity index (χ2n) is 9.58. The molecular weight excluding hydrogens is 490 g/mol. The molecule has 1 saturated carbocycles. The maximum absolute atomic E-state index is 12.9. The molecule has 1 aliphatic heterocycles. The highest BCUT2D eigenvalue weighted by Crippen LogP contribution is 2.43. The minimum Gasteiger partial charge on any atom is -0.465 e. The number of hydrogen-bond donors (Lipinski definition) is 1. The molecular formula is C28H31N3O3S2. The monoisotopic (exact) mass is 521 g/mol. The third-order valence-electron chi connectivity index (χ3n) is 7.19. The van der Waals surface area contributed by atoms with Gasteiger partial charge in [-0.2, -0.15) is 0 Å². The third kappa shape index (κ3) is 5.31. The van der Waals surface area contributed by atoms with E-state index in [0.29, 0.717) is 22.2 Å². The topological polar surface area (TPSA) is 71.5 Å². The van der Waals surface area contributed by atoms with E-state index in [1.54, 1.807) is 10.9 Å². The van der Waals surface area contributed by atoms with Crippen LogP contribution >= 0.6 is 22.7 Å². The van der Waals surface area contributed by atoms with E-state index in [2.05, 4.69) is 28.3 Å². The molecule has 3 heterocycles. The molecule has 1 amide bonds. The first-order valence-electron chi connectivity index (χ1n) is 12.5. The standard InChI is InChI=1S/C28H31N3O3S2/c1-31-13-12-21(23(15-31)18-6-4-3-5-7-18)22-14-25(36-26(22)28(33)34-2)19-8-10-20(11-9-19)30-27(32)24-16-35-17-29-24/h8-11,14,16-18H,3-7,12-13,15H2,1-2H3,(H,30,32). The van der Waals surface area contributed by atoms with E-state index in [4.69, 9.17) is 4.74 Å². The molecule has 1 aliphatic carbocycles. The number of rotatable bonds is 6. The van der Waals surface area contributed by atoms with E-state index >= 15 is 0 Å². The Labute approximate surface area is 220 Å². The van der Waals surface area contributed by atoms with Crippen LogP contribution in [0.2, 0.25) is 0 Å². The lowest BCUT2D eigenvalue weighted by atomic mass is 9.78. The zero-order chi connectivity index (χ0) is 25.1.